The highest BCUT2D eigenvalue weighted by Gasteiger charge is 2.16. The van der Waals surface area contributed by atoms with Gasteiger partial charge >= 0.3 is 0 Å². The number of carbonyl (C=O) groups excluding carboxylic acids is 2. The Labute approximate surface area is 167 Å². The van der Waals surface area contributed by atoms with Gasteiger partial charge in [-0.05, 0) is 25.0 Å². The van der Waals surface area contributed by atoms with Crippen molar-refractivity contribution >= 4 is 40.6 Å². The number of para-hydroxylation sites is 1. The zero-order valence-electron chi connectivity index (χ0n) is 15.1. The molecular formula is C19H24N4O2S2. The van der Waals surface area contributed by atoms with E-state index in [-0.39, 0.29) is 11.8 Å². The summed E-state index contributed by atoms with van der Waals surface area (Å²) in [5.41, 5.74) is 0.726. The van der Waals surface area contributed by atoms with Crippen molar-refractivity contribution in [3.05, 3.63) is 40.3 Å². The summed E-state index contributed by atoms with van der Waals surface area (Å²) in [4.78, 5) is 24.3. The summed E-state index contributed by atoms with van der Waals surface area (Å²) < 4.78 is 0. The molecule has 1 aliphatic carbocycles. The van der Waals surface area contributed by atoms with E-state index < -0.39 is 0 Å². The number of amides is 2. The standard InChI is InChI=1S/C19H24N4O2S2/c24-16(20-14-8-4-1-2-5-9-14)12-26-13-17-22-23-19(27-17)18(25)21-15-10-6-3-7-11-15/h3,6-7,10-11,14H,1-2,4-5,8-9,12-13H2,(H,20,24)(H,21,25). The van der Waals surface area contributed by atoms with Gasteiger partial charge in [0, 0.05) is 17.5 Å². The van der Waals surface area contributed by atoms with Crippen molar-refractivity contribution < 1.29 is 9.59 Å². The third-order valence-electron chi connectivity index (χ3n) is 4.37. The Kier molecular flexibility index (Phi) is 7.65. The van der Waals surface area contributed by atoms with Gasteiger partial charge < -0.3 is 10.6 Å². The molecule has 0 saturated heterocycles. The quantitative estimate of drug-likeness (QED) is 0.685. The lowest BCUT2D eigenvalue weighted by Crippen LogP contribution is -2.35. The second-order valence-electron chi connectivity index (χ2n) is 6.57. The highest BCUT2D eigenvalue weighted by molar-refractivity contribution is 7.99. The Hall–Kier alpha value is -1.93. The normalized spacial score (nSPS) is 15.1. The molecule has 0 unspecified atom stereocenters. The highest BCUT2D eigenvalue weighted by Crippen LogP contribution is 2.19. The number of rotatable bonds is 7. The molecule has 2 amide bonds. The number of nitrogens with zero attached hydrogens (tertiary/aromatic N) is 2. The van der Waals surface area contributed by atoms with Gasteiger partial charge in [0.15, 0.2) is 0 Å². The summed E-state index contributed by atoms with van der Waals surface area (Å²) in [5, 5.41) is 15.0. The largest absolute Gasteiger partial charge is 0.353 e. The van der Waals surface area contributed by atoms with Crippen molar-refractivity contribution in [2.24, 2.45) is 0 Å². The molecule has 1 saturated carbocycles. The van der Waals surface area contributed by atoms with Crippen molar-refractivity contribution in [2.45, 2.75) is 50.3 Å². The Morgan fingerprint density at radius 3 is 2.56 bits per heavy atom. The molecule has 8 heteroatoms. The molecule has 0 aliphatic heterocycles. The van der Waals surface area contributed by atoms with Crippen LogP contribution in [0.4, 0.5) is 5.69 Å². The van der Waals surface area contributed by atoms with Crippen LogP contribution in [0.25, 0.3) is 0 Å². The predicted molar refractivity (Wildman–Crippen MR) is 110 cm³/mol. The molecule has 1 aromatic heterocycles. The van der Waals surface area contributed by atoms with Crippen LogP contribution in [-0.4, -0.2) is 33.8 Å². The average molecular weight is 405 g/mol. The summed E-state index contributed by atoms with van der Waals surface area (Å²) in [6.07, 6.45) is 7.14. The minimum absolute atomic E-state index is 0.0819. The van der Waals surface area contributed by atoms with Gasteiger partial charge in [0.1, 0.15) is 5.01 Å². The topological polar surface area (TPSA) is 84.0 Å². The van der Waals surface area contributed by atoms with Crippen molar-refractivity contribution in [2.75, 3.05) is 11.1 Å². The molecule has 0 radical (unpaired) electrons. The molecule has 1 aromatic carbocycles. The van der Waals surface area contributed by atoms with Crippen LogP contribution in [0.2, 0.25) is 0 Å². The van der Waals surface area contributed by atoms with Gasteiger partial charge in [0.2, 0.25) is 10.9 Å². The van der Waals surface area contributed by atoms with E-state index in [4.69, 9.17) is 0 Å². The lowest BCUT2D eigenvalue weighted by atomic mass is 10.1. The maximum absolute atomic E-state index is 12.2. The number of aromatic nitrogens is 2. The molecule has 2 aromatic rings. The maximum Gasteiger partial charge on any atom is 0.286 e. The third-order valence-corrected chi connectivity index (χ3v) is 6.42. The fourth-order valence-electron chi connectivity index (χ4n) is 3.03. The Balaban J connectivity index is 1.40. The first-order chi connectivity index (χ1) is 13.2. The number of anilines is 1. The lowest BCUT2D eigenvalue weighted by Gasteiger charge is -2.15. The predicted octanol–water partition coefficient (Wildman–Crippen LogP) is 3.86. The van der Waals surface area contributed by atoms with E-state index in [1.54, 1.807) is 0 Å². The minimum atomic E-state index is -0.263. The minimum Gasteiger partial charge on any atom is -0.353 e. The fourth-order valence-corrected chi connectivity index (χ4v) is 4.65. The number of thioether (sulfide) groups is 1. The maximum atomic E-state index is 12.2. The van der Waals surface area contributed by atoms with Crippen molar-refractivity contribution in [3.8, 4) is 0 Å². The molecule has 0 spiro atoms. The van der Waals surface area contributed by atoms with E-state index in [9.17, 15) is 9.59 Å². The molecule has 1 fully saturated rings. The van der Waals surface area contributed by atoms with Crippen molar-refractivity contribution in [3.63, 3.8) is 0 Å². The van der Waals surface area contributed by atoms with Gasteiger partial charge in [-0.15, -0.1) is 22.0 Å². The van der Waals surface area contributed by atoms with Crippen LogP contribution in [0, 0.1) is 0 Å². The summed E-state index contributed by atoms with van der Waals surface area (Å²) in [5.74, 6) is 0.801. The first-order valence-corrected chi connectivity index (χ1v) is 11.2. The molecule has 0 atom stereocenters. The van der Waals surface area contributed by atoms with Crippen molar-refractivity contribution in [1.29, 1.82) is 0 Å². The first kappa shape index (κ1) is 19.8. The lowest BCUT2D eigenvalue weighted by molar-refractivity contribution is -0.119. The molecule has 2 N–H and O–H groups in total. The SMILES string of the molecule is O=C(CSCc1nnc(C(=O)Nc2ccccc2)s1)NC1CCCCCC1. The van der Waals surface area contributed by atoms with Crippen LogP contribution < -0.4 is 10.6 Å². The van der Waals surface area contributed by atoms with Gasteiger partial charge in [0.25, 0.3) is 5.91 Å². The van der Waals surface area contributed by atoms with Gasteiger partial charge in [0.05, 0.1) is 5.75 Å². The fraction of sp³-hybridized carbons (Fsp3) is 0.474. The number of hydrogen-bond acceptors (Lipinski definition) is 6. The monoisotopic (exact) mass is 404 g/mol. The smallest absolute Gasteiger partial charge is 0.286 e. The third kappa shape index (κ3) is 6.62. The summed E-state index contributed by atoms with van der Waals surface area (Å²) in [6.45, 7) is 0. The second kappa shape index (κ2) is 10.4. The van der Waals surface area contributed by atoms with Crippen LogP contribution in [0.15, 0.2) is 30.3 Å². The van der Waals surface area contributed by atoms with Crippen LogP contribution in [-0.2, 0) is 10.5 Å². The number of benzene rings is 1. The van der Waals surface area contributed by atoms with E-state index in [0.717, 1.165) is 23.5 Å². The second-order valence-corrected chi connectivity index (χ2v) is 8.62. The van der Waals surface area contributed by atoms with Gasteiger partial charge in [-0.1, -0.05) is 55.2 Å². The number of carbonyl (C=O) groups is 2. The van der Waals surface area contributed by atoms with E-state index in [1.165, 1.54) is 48.8 Å². The summed E-state index contributed by atoms with van der Waals surface area (Å²) >= 11 is 2.76. The van der Waals surface area contributed by atoms with Crippen molar-refractivity contribution in [1.82, 2.24) is 15.5 Å². The van der Waals surface area contributed by atoms with Crippen LogP contribution in [0.3, 0.4) is 0 Å². The molecule has 27 heavy (non-hydrogen) atoms. The Bertz CT molecular complexity index is 743. The molecule has 3 rings (SSSR count). The van der Waals surface area contributed by atoms with Gasteiger partial charge in [-0.2, -0.15) is 0 Å². The van der Waals surface area contributed by atoms with E-state index in [0.29, 0.717) is 22.6 Å². The summed E-state index contributed by atoms with van der Waals surface area (Å²) in [7, 11) is 0. The van der Waals surface area contributed by atoms with E-state index >= 15 is 0 Å². The van der Waals surface area contributed by atoms with Crippen LogP contribution in [0.1, 0.15) is 53.3 Å². The molecule has 1 heterocycles. The molecule has 144 valence electrons. The van der Waals surface area contributed by atoms with Crippen LogP contribution >= 0.6 is 23.1 Å². The molecular weight excluding hydrogens is 380 g/mol. The van der Waals surface area contributed by atoms with Gasteiger partial charge in [-0.25, -0.2) is 0 Å². The zero-order chi connectivity index (χ0) is 18.9. The number of nitrogens with one attached hydrogen (secondary N) is 2. The Morgan fingerprint density at radius 1 is 1.07 bits per heavy atom. The first-order valence-electron chi connectivity index (χ1n) is 9.26. The molecule has 6 nitrogen and oxygen atoms in total. The molecule has 0 bridgehead atoms. The van der Waals surface area contributed by atoms with E-state index in [2.05, 4.69) is 20.8 Å². The average Bonchev–Trinajstić information content (AvgIpc) is 3.00. The summed E-state index contributed by atoms with van der Waals surface area (Å²) in [6, 6.07) is 9.58. The molecule has 1 aliphatic rings. The Morgan fingerprint density at radius 2 is 1.81 bits per heavy atom. The van der Waals surface area contributed by atoms with E-state index in [1.807, 2.05) is 30.3 Å². The van der Waals surface area contributed by atoms with Gasteiger partial charge in [-0.3, -0.25) is 9.59 Å². The highest BCUT2D eigenvalue weighted by atomic mass is 32.2. The van der Waals surface area contributed by atoms with Crippen LogP contribution in [0.5, 0.6) is 0 Å². The number of hydrogen-bond donors (Lipinski definition) is 2. The zero-order valence-corrected chi connectivity index (χ0v) is 16.8.